The van der Waals surface area contributed by atoms with Gasteiger partial charge >= 0.3 is 0 Å². The number of likely N-dealkylation sites (N-methyl/N-ethyl adjacent to an activating group) is 1. The summed E-state index contributed by atoms with van der Waals surface area (Å²) in [6.07, 6.45) is 3.54. The largest absolute Gasteiger partial charge is 0.341 e. The zero-order chi connectivity index (χ0) is 21.2. The second-order valence-electron chi connectivity index (χ2n) is 8.52. The van der Waals surface area contributed by atoms with Crippen molar-refractivity contribution in [2.24, 2.45) is 5.92 Å². The van der Waals surface area contributed by atoms with E-state index < -0.39 is 15.8 Å². The average molecular weight is 426 g/mol. The number of hydrogen-bond acceptors (Lipinski definition) is 4. The first kappa shape index (κ1) is 22.2. The number of carbonyl (C=O) groups excluding carboxylic acids is 1. The van der Waals surface area contributed by atoms with Crippen molar-refractivity contribution < 1.29 is 17.6 Å². The van der Waals surface area contributed by atoms with E-state index in [1.165, 1.54) is 22.5 Å². The molecule has 0 bridgehead atoms. The Balaban J connectivity index is 1.71. The minimum Gasteiger partial charge on any atom is -0.341 e. The van der Waals surface area contributed by atoms with Gasteiger partial charge in [-0.15, -0.1) is 0 Å². The molecule has 6 nitrogen and oxygen atoms in total. The van der Waals surface area contributed by atoms with Crippen LogP contribution < -0.4 is 5.32 Å². The molecule has 1 saturated heterocycles. The minimum atomic E-state index is -3.90. The number of benzene rings is 1. The van der Waals surface area contributed by atoms with Crippen LogP contribution in [0.15, 0.2) is 29.2 Å². The number of sulfonamides is 1. The molecule has 0 unspecified atom stereocenters. The van der Waals surface area contributed by atoms with Crippen molar-refractivity contribution in [1.29, 1.82) is 0 Å². The summed E-state index contributed by atoms with van der Waals surface area (Å²) in [5, 5.41) is 3.11. The normalized spacial score (nSPS) is 19.7. The van der Waals surface area contributed by atoms with E-state index >= 15 is 0 Å². The van der Waals surface area contributed by atoms with Crippen LogP contribution in [-0.2, 0) is 14.8 Å². The Bertz CT molecular complexity index is 818. The van der Waals surface area contributed by atoms with Crippen molar-refractivity contribution in [3.8, 4) is 0 Å². The number of likely N-dealkylation sites (tertiary alicyclic amines) is 1. The van der Waals surface area contributed by atoms with Crippen LogP contribution in [0.5, 0.6) is 0 Å². The summed E-state index contributed by atoms with van der Waals surface area (Å²) in [7, 11) is -2.10. The second-order valence-corrected chi connectivity index (χ2v) is 10.3. The Morgan fingerprint density at radius 1 is 1.17 bits per heavy atom. The number of rotatable bonds is 8. The number of piperidine rings is 1. The molecular weight excluding hydrogens is 393 g/mol. The van der Waals surface area contributed by atoms with E-state index in [0.717, 1.165) is 19.3 Å². The fourth-order valence-electron chi connectivity index (χ4n) is 4.16. The first-order valence-electron chi connectivity index (χ1n) is 10.5. The standard InChI is InChI=1S/C21H32FN3O3S/c1-15(2)14-19(23-3)21(26)24-12-10-17(11-13-24)25(16-8-9-16)29(27,28)20-7-5-4-6-18(20)22/h4-7,15-17,19,23H,8-14H2,1-3H3/t19-/m0/s1. The highest BCUT2D eigenvalue weighted by molar-refractivity contribution is 7.89. The van der Waals surface area contributed by atoms with E-state index in [9.17, 15) is 17.6 Å². The van der Waals surface area contributed by atoms with Crippen molar-refractivity contribution in [2.75, 3.05) is 20.1 Å². The highest BCUT2D eigenvalue weighted by atomic mass is 32.2. The first-order chi connectivity index (χ1) is 13.8. The van der Waals surface area contributed by atoms with Gasteiger partial charge in [-0.1, -0.05) is 26.0 Å². The molecule has 1 aliphatic heterocycles. The molecule has 0 spiro atoms. The summed E-state index contributed by atoms with van der Waals surface area (Å²) >= 11 is 0. The van der Waals surface area contributed by atoms with Gasteiger partial charge in [0.1, 0.15) is 10.7 Å². The number of amides is 1. The van der Waals surface area contributed by atoms with Gasteiger partial charge in [0.2, 0.25) is 15.9 Å². The smallest absolute Gasteiger partial charge is 0.246 e. The molecule has 0 aromatic heterocycles. The lowest BCUT2D eigenvalue weighted by Crippen LogP contribution is -2.53. The lowest BCUT2D eigenvalue weighted by atomic mass is 10.00. The van der Waals surface area contributed by atoms with Gasteiger partial charge in [-0.3, -0.25) is 4.79 Å². The number of nitrogens with one attached hydrogen (secondary N) is 1. The van der Waals surface area contributed by atoms with Crippen LogP contribution in [0.1, 0.15) is 46.0 Å². The number of carbonyl (C=O) groups is 1. The fraction of sp³-hybridized carbons (Fsp3) is 0.667. The quantitative estimate of drug-likeness (QED) is 0.695. The molecule has 1 saturated carbocycles. The summed E-state index contributed by atoms with van der Waals surface area (Å²) in [5.41, 5.74) is 0. The van der Waals surface area contributed by atoms with E-state index in [-0.39, 0.29) is 28.9 Å². The molecule has 1 amide bonds. The maximum absolute atomic E-state index is 14.2. The monoisotopic (exact) mass is 425 g/mol. The Hall–Kier alpha value is -1.51. The highest BCUT2D eigenvalue weighted by Crippen LogP contribution is 2.37. The zero-order valence-electron chi connectivity index (χ0n) is 17.5. The summed E-state index contributed by atoms with van der Waals surface area (Å²) in [6.45, 7) is 5.22. The van der Waals surface area contributed by atoms with Crippen molar-refractivity contribution in [3.63, 3.8) is 0 Å². The summed E-state index contributed by atoms with van der Waals surface area (Å²) in [6, 6.07) is 5.10. The van der Waals surface area contributed by atoms with Crippen molar-refractivity contribution in [1.82, 2.24) is 14.5 Å². The van der Waals surface area contributed by atoms with Crippen LogP contribution in [0.3, 0.4) is 0 Å². The van der Waals surface area contributed by atoms with Gasteiger partial charge in [-0.05, 0) is 57.2 Å². The Morgan fingerprint density at radius 2 is 1.76 bits per heavy atom. The maximum atomic E-state index is 14.2. The Labute approximate surface area is 173 Å². The topological polar surface area (TPSA) is 69.7 Å². The van der Waals surface area contributed by atoms with E-state index in [1.807, 2.05) is 4.90 Å². The molecule has 1 aromatic rings. The summed E-state index contributed by atoms with van der Waals surface area (Å²) in [4.78, 5) is 14.4. The van der Waals surface area contributed by atoms with Crippen LogP contribution in [-0.4, -0.2) is 61.8 Å². The van der Waals surface area contributed by atoms with Crippen LogP contribution in [0.4, 0.5) is 4.39 Å². The van der Waals surface area contributed by atoms with Gasteiger partial charge in [0.15, 0.2) is 0 Å². The van der Waals surface area contributed by atoms with Crippen molar-refractivity contribution in [3.05, 3.63) is 30.1 Å². The fourth-order valence-corrected chi connectivity index (χ4v) is 6.16. The SMILES string of the molecule is CN[C@@H](CC(C)C)C(=O)N1CCC(N(C2CC2)S(=O)(=O)c2ccccc2F)CC1. The highest BCUT2D eigenvalue weighted by Gasteiger charge is 2.44. The predicted octanol–water partition coefficient (Wildman–Crippen LogP) is 2.60. The maximum Gasteiger partial charge on any atom is 0.246 e. The molecule has 1 N–H and O–H groups in total. The molecule has 2 aliphatic rings. The third-order valence-electron chi connectivity index (χ3n) is 5.79. The molecular formula is C21H32FN3O3S. The zero-order valence-corrected chi connectivity index (χ0v) is 18.3. The van der Waals surface area contributed by atoms with E-state index in [1.54, 1.807) is 13.1 Å². The first-order valence-corrected chi connectivity index (χ1v) is 11.9. The Kier molecular flexibility index (Phi) is 6.96. The molecule has 162 valence electrons. The van der Waals surface area contributed by atoms with Crippen LogP contribution in [0, 0.1) is 11.7 Å². The summed E-state index contributed by atoms with van der Waals surface area (Å²) in [5.74, 6) is -0.226. The van der Waals surface area contributed by atoms with Gasteiger partial charge in [-0.25, -0.2) is 12.8 Å². The van der Waals surface area contributed by atoms with E-state index in [0.29, 0.717) is 31.8 Å². The van der Waals surface area contributed by atoms with E-state index in [4.69, 9.17) is 0 Å². The van der Waals surface area contributed by atoms with Gasteiger partial charge < -0.3 is 10.2 Å². The molecule has 1 aromatic carbocycles. The molecule has 29 heavy (non-hydrogen) atoms. The minimum absolute atomic E-state index is 0.0575. The molecule has 0 radical (unpaired) electrons. The third kappa shape index (κ3) is 4.98. The molecule has 2 fully saturated rings. The number of nitrogens with zero attached hydrogens (tertiary/aromatic N) is 2. The molecule has 8 heteroatoms. The van der Waals surface area contributed by atoms with Crippen LogP contribution >= 0.6 is 0 Å². The van der Waals surface area contributed by atoms with Crippen LogP contribution in [0.2, 0.25) is 0 Å². The van der Waals surface area contributed by atoms with Gasteiger partial charge in [0.25, 0.3) is 0 Å². The number of hydrogen-bond donors (Lipinski definition) is 1. The van der Waals surface area contributed by atoms with Crippen molar-refractivity contribution in [2.45, 2.75) is 69.0 Å². The Morgan fingerprint density at radius 3 is 2.28 bits per heavy atom. The lowest BCUT2D eigenvalue weighted by molar-refractivity contribution is -0.135. The molecule has 1 heterocycles. The van der Waals surface area contributed by atoms with Crippen LogP contribution in [0.25, 0.3) is 0 Å². The van der Waals surface area contributed by atoms with Gasteiger partial charge in [0, 0.05) is 25.2 Å². The molecule has 1 atom stereocenters. The predicted molar refractivity (Wildman–Crippen MR) is 110 cm³/mol. The average Bonchev–Trinajstić information content (AvgIpc) is 3.51. The summed E-state index contributed by atoms with van der Waals surface area (Å²) < 4.78 is 42.2. The molecule has 1 aliphatic carbocycles. The van der Waals surface area contributed by atoms with Gasteiger partial charge in [0.05, 0.1) is 6.04 Å². The van der Waals surface area contributed by atoms with Gasteiger partial charge in [-0.2, -0.15) is 4.31 Å². The lowest BCUT2D eigenvalue weighted by Gasteiger charge is -2.39. The third-order valence-corrected chi connectivity index (χ3v) is 7.83. The molecule has 3 rings (SSSR count). The van der Waals surface area contributed by atoms with E-state index in [2.05, 4.69) is 19.2 Å². The second kappa shape index (κ2) is 9.10. The number of halogens is 1. The van der Waals surface area contributed by atoms with Crippen molar-refractivity contribution >= 4 is 15.9 Å².